The van der Waals surface area contributed by atoms with Crippen LogP contribution in [-0.4, -0.2) is 19.5 Å². The lowest BCUT2D eigenvalue weighted by molar-refractivity contribution is 1.14. The fourth-order valence-corrected chi connectivity index (χ4v) is 3.79. The van der Waals surface area contributed by atoms with Gasteiger partial charge < -0.3 is 4.98 Å². The van der Waals surface area contributed by atoms with E-state index in [4.69, 9.17) is 9.97 Å². The third-order valence-electron chi connectivity index (χ3n) is 4.94. The van der Waals surface area contributed by atoms with E-state index in [9.17, 15) is 0 Å². The van der Waals surface area contributed by atoms with E-state index in [0.717, 1.165) is 49.8 Å². The number of nitrogens with one attached hydrogen (secondary N) is 1. The molecule has 0 aliphatic rings. The Labute approximate surface area is 148 Å². The van der Waals surface area contributed by atoms with Gasteiger partial charge in [-0.1, -0.05) is 54.6 Å². The number of aromatic amines is 1. The molecular weight excluding hydrogens is 320 g/mol. The number of rotatable bonds is 1. The van der Waals surface area contributed by atoms with E-state index in [-0.39, 0.29) is 0 Å². The van der Waals surface area contributed by atoms with E-state index < -0.39 is 0 Å². The molecule has 0 saturated heterocycles. The smallest absolute Gasteiger partial charge is 0.166 e. The van der Waals surface area contributed by atoms with Crippen LogP contribution >= 0.6 is 0 Å². The molecular formula is C22H14N4. The number of nitrogens with zero attached hydrogens (tertiary/aromatic N) is 3. The Balaban J connectivity index is 1.85. The molecule has 0 radical (unpaired) electrons. The summed E-state index contributed by atoms with van der Waals surface area (Å²) in [5.74, 6) is 0. The zero-order chi connectivity index (χ0) is 17.1. The lowest BCUT2D eigenvalue weighted by Crippen LogP contribution is -1.95. The molecule has 3 heterocycles. The Kier molecular flexibility index (Phi) is 2.58. The van der Waals surface area contributed by atoms with Crippen molar-refractivity contribution in [2.24, 2.45) is 0 Å². The second kappa shape index (κ2) is 4.92. The molecule has 0 bridgehead atoms. The molecule has 0 saturated carbocycles. The summed E-state index contributed by atoms with van der Waals surface area (Å²) in [5, 5.41) is 2.22. The molecule has 3 aromatic heterocycles. The maximum Gasteiger partial charge on any atom is 0.166 e. The molecule has 0 amide bonds. The molecule has 3 aromatic carbocycles. The van der Waals surface area contributed by atoms with Gasteiger partial charge in [0.15, 0.2) is 11.3 Å². The van der Waals surface area contributed by atoms with Crippen LogP contribution in [0.4, 0.5) is 0 Å². The average Bonchev–Trinajstić information content (AvgIpc) is 3.22. The largest absolute Gasteiger partial charge is 0.338 e. The highest BCUT2D eigenvalue weighted by atomic mass is 15.1. The molecule has 0 spiro atoms. The highest BCUT2D eigenvalue weighted by molar-refractivity contribution is 6.11. The van der Waals surface area contributed by atoms with E-state index >= 15 is 0 Å². The van der Waals surface area contributed by atoms with E-state index in [1.165, 1.54) is 0 Å². The number of hydrogen-bond donors (Lipinski definition) is 1. The van der Waals surface area contributed by atoms with Gasteiger partial charge in [-0.15, -0.1) is 0 Å². The third kappa shape index (κ3) is 1.73. The molecule has 0 fully saturated rings. The summed E-state index contributed by atoms with van der Waals surface area (Å²) in [6.07, 6.45) is 0. The van der Waals surface area contributed by atoms with Crippen LogP contribution in [0.5, 0.6) is 0 Å². The molecule has 0 aliphatic carbocycles. The lowest BCUT2D eigenvalue weighted by atomic mass is 10.2. The molecule has 26 heavy (non-hydrogen) atoms. The molecule has 122 valence electrons. The van der Waals surface area contributed by atoms with Crippen LogP contribution in [0.3, 0.4) is 0 Å². The Hall–Kier alpha value is -3.66. The quantitative estimate of drug-likeness (QED) is 0.449. The van der Waals surface area contributed by atoms with Gasteiger partial charge in [-0.2, -0.15) is 0 Å². The first-order valence-electron chi connectivity index (χ1n) is 8.63. The Morgan fingerprint density at radius 1 is 0.654 bits per heavy atom. The number of benzene rings is 3. The number of fused-ring (bicyclic) bond motifs is 6. The number of hydrogen-bond acceptors (Lipinski definition) is 2. The van der Waals surface area contributed by atoms with Crippen molar-refractivity contribution in [1.82, 2.24) is 19.5 Å². The molecule has 4 heteroatoms. The van der Waals surface area contributed by atoms with Gasteiger partial charge >= 0.3 is 0 Å². The summed E-state index contributed by atoms with van der Waals surface area (Å²) >= 11 is 0. The SMILES string of the molecule is c1ccc(-n2c3ccccc3c3nc4c(nc32)[nH]c2ccccc24)cc1. The first kappa shape index (κ1) is 13.6. The summed E-state index contributed by atoms with van der Waals surface area (Å²) in [5.41, 5.74) is 6.81. The summed E-state index contributed by atoms with van der Waals surface area (Å²) in [6.45, 7) is 0. The molecule has 1 N–H and O–H groups in total. The van der Waals surface area contributed by atoms with Crippen LogP contribution in [0.15, 0.2) is 78.9 Å². The summed E-state index contributed by atoms with van der Waals surface area (Å²) < 4.78 is 2.18. The molecule has 6 rings (SSSR count). The van der Waals surface area contributed by atoms with Gasteiger partial charge in [-0.3, -0.25) is 4.57 Å². The minimum atomic E-state index is 0.818. The van der Waals surface area contributed by atoms with Crippen LogP contribution in [0.2, 0.25) is 0 Å². The van der Waals surface area contributed by atoms with Gasteiger partial charge in [0.1, 0.15) is 11.0 Å². The zero-order valence-electron chi connectivity index (χ0n) is 13.8. The lowest BCUT2D eigenvalue weighted by Gasteiger charge is -2.06. The standard InChI is InChI=1S/C22H14N4/c1-2-8-14(9-3-1)26-18-13-7-5-11-16(18)20-22(26)25-21-19(24-20)15-10-4-6-12-17(15)23-21/h1-13H,(H,23,25). The monoisotopic (exact) mass is 334 g/mol. The fourth-order valence-electron chi connectivity index (χ4n) is 3.79. The predicted molar refractivity (Wildman–Crippen MR) is 106 cm³/mol. The molecule has 0 atom stereocenters. The average molecular weight is 334 g/mol. The topological polar surface area (TPSA) is 46.5 Å². The second-order valence-electron chi connectivity index (χ2n) is 6.45. The van der Waals surface area contributed by atoms with E-state index in [0.29, 0.717) is 0 Å². The first-order chi connectivity index (χ1) is 12.9. The van der Waals surface area contributed by atoms with Crippen molar-refractivity contribution in [3.05, 3.63) is 78.9 Å². The Morgan fingerprint density at radius 3 is 2.27 bits per heavy atom. The van der Waals surface area contributed by atoms with Crippen molar-refractivity contribution in [3.63, 3.8) is 0 Å². The van der Waals surface area contributed by atoms with Crippen molar-refractivity contribution >= 4 is 44.1 Å². The van der Waals surface area contributed by atoms with Gasteiger partial charge in [0.2, 0.25) is 0 Å². The highest BCUT2D eigenvalue weighted by Gasteiger charge is 2.17. The van der Waals surface area contributed by atoms with E-state index in [1.54, 1.807) is 0 Å². The number of para-hydroxylation sites is 3. The van der Waals surface area contributed by atoms with Gasteiger partial charge in [0, 0.05) is 22.0 Å². The Morgan fingerprint density at radius 2 is 1.38 bits per heavy atom. The maximum atomic E-state index is 5.03. The summed E-state index contributed by atoms with van der Waals surface area (Å²) in [4.78, 5) is 13.4. The molecule has 6 aromatic rings. The van der Waals surface area contributed by atoms with Crippen molar-refractivity contribution in [3.8, 4) is 5.69 Å². The highest BCUT2D eigenvalue weighted by Crippen LogP contribution is 2.32. The fraction of sp³-hybridized carbons (Fsp3) is 0. The van der Waals surface area contributed by atoms with Gasteiger partial charge in [-0.05, 0) is 24.3 Å². The van der Waals surface area contributed by atoms with Crippen LogP contribution in [0, 0.1) is 0 Å². The van der Waals surface area contributed by atoms with Gasteiger partial charge in [-0.25, -0.2) is 9.97 Å². The number of aromatic nitrogens is 4. The summed E-state index contributed by atoms with van der Waals surface area (Å²) in [6, 6.07) is 26.9. The maximum absolute atomic E-state index is 5.03. The van der Waals surface area contributed by atoms with Crippen LogP contribution in [-0.2, 0) is 0 Å². The van der Waals surface area contributed by atoms with Gasteiger partial charge in [0.05, 0.1) is 5.52 Å². The molecule has 4 nitrogen and oxygen atoms in total. The normalized spacial score (nSPS) is 11.8. The second-order valence-corrected chi connectivity index (χ2v) is 6.45. The zero-order valence-corrected chi connectivity index (χ0v) is 13.8. The van der Waals surface area contributed by atoms with E-state index in [1.807, 2.05) is 30.3 Å². The predicted octanol–water partition coefficient (Wildman–Crippen LogP) is 5.21. The van der Waals surface area contributed by atoms with Crippen LogP contribution < -0.4 is 0 Å². The minimum absolute atomic E-state index is 0.818. The van der Waals surface area contributed by atoms with E-state index in [2.05, 4.69) is 58.1 Å². The van der Waals surface area contributed by atoms with Crippen molar-refractivity contribution in [1.29, 1.82) is 0 Å². The minimum Gasteiger partial charge on any atom is -0.338 e. The van der Waals surface area contributed by atoms with Crippen LogP contribution in [0.25, 0.3) is 49.8 Å². The van der Waals surface area contributed by atoms with Crippen LogP contribution in [0.1, 0.15) is 0 Å². The Bertz CT molecular complexity index is 1420. The summed E-state index contributed by atoms with van der Waals surface area (Å²) in [7, 11) is 0. The van der Waals surface area contributed by atoms with Crippen molar-refractivity contribution in [2.45, 2.75) is 0 Å². The number of H-pyrrole nitrogens is 1. The van der Waals surface area contributed by atoms with Crippen molar-refractivity contribution < 1.29 is 0 Å². The molecule has 0 aliphatic heterocycles. The van der Waals surface area contributed by atoms with Crippen molar-refractivity contribution in [2.75, 3.05) is 0 Å². The van der Waals surface area contributed by atoms with Gasteiger partial charge in [0.25, 0.3) is 0 Å². The molecule has 0 unspecified atom stereocenters. The first-order valence-corrected chi connectivity index (χ1v) is 8.63. The third-order valence-corrected chi connectivity index (χ3v) is 4.94.